The SMILES string of the molecule is CC(O)C(NC(=O)CCOCCNC(=O)OCC1c2ccccc2-c2ccccc21)C(=O)O. The summed E-state index contributed by atoms with van der Waals surface area (Å²) < 4.78 is 10.7. The molecule has 2 aromatic rings. The lowest BCUT2D eigenvalue weighted by Crippen LogP contribution is -2.47. The smallest absolute Gasteiger partial charge is 0.407 e. The fourth-order valence-corrected chi connectivity index (χ4v) is 3.78. The zero-order chi connectivity index (χ0) is 23.8. The Balaban J connectivity index is 1.34. The van der Waals surface area contributed by atoms with Gasteiger partial charge in [0.1, 0.15) is 6.61 Å². The van der Waals surface area contributed by atoms with Crippen LogP contribution in [0.25, 0.3) is 11.1 Å². The van der Waals surface area contributed by atoms with Gasteiger partial charge in [-0.25, -0.2) is 9.59 Å². The Labute approximate surface area is 191 Å². The number of rotatable bonds is 11. The fourth-order valence-electron chi connectivity index (χ4n) is 3.78. The zero-order valence-electron chi connectivity index (χ0n) is 18.3. The number of hydrogen-bond acceptors (Lipinski definition) is 6. The van der Waals surface area contributed by atoms with Crippen LogP contribution in [0.1, 0.15) is 30.4 Å². The summed E-state index contributed by atoms with van der Waals surface area (Å²) in [5.74, 6) is -1.88. The van der Waals surface area contributed by atoms with E-state index in [2.05, 4.69) is 22.8 Å². The first kappa shape index (κ1) is 24.2. The molecule has 0 radical (unpaired) electrons. The number of hydrogen-bond donors (Lipinski definition) is 4. The van der Waals surface area contributed by atoms with E-state index in [1.807, 2.05) is 36.4 Å². The minimum Gasteiger partial charge on any atom is -0.480 e. The number of fused-ring (bicyclic) bond motifs is 3. The number of carbonyl (C=O) groups is 3. The summed E-state index contributed by atoms with van der Waals surface area (Å²) in [6.45, 7) is 1.91. The maximum atomic E-state index is 12.1. The first-order chi connectivity index (χ1) is 15.9. The summed E-state index contributed by atoms with van der Waals surface area (Å²) in [5, 5.41) is 23.1. The molecule has 0 aromatic heterocycles. The molecular formula is C24H28N2O7. The standard InChI is InChI=1S/C24H28N2O7/c1-15(27)22(23(29)30)26-21(28)10-12-32-13-11-25-24(31)33-14-20-18-8-4-2-6-16(18)17-7-3-5-9-19(17)20/h2-9,15,20,22,27H,10-14H2,1H3,(H,25,31)(H,26,28)(H,29,30). The van der Waals surface area contributed by atoms with Crippen molar-refractivity contribution in [3.8, 4) is 11.1 Å². The highest BCUT2D eigenvalue weighted by Gasteiger charge is 2.29. The summed E-state index contributed by atoms with van der Waals surface area (Å²) in [5.41, 5.74) is 4.58. The van der Waals surface area contributed by atoms with Gasteiger partial charge in [-0.15, -0.1) is 0 Å². The third kappa shape index (κ3) is 6.30. The van der Waals surface area contributed by atoms with Gasteiger partial charge in [0, 0.05) is 18.9 Å². The average Bonchev–Trinajstić information content (AvgIpc) is 3.11. The maximum absolute atomic E-state index is 12.1. The topological polar surface area (TPSA) is 134 Å². The van der Waals surface area contributed by atoms with Gasteiger partial charge in [0.25, 0.3) is 0 Å². The fraction of sp³-hybridized carbons (Fsp3) is 0.375. The van der Waals surface area contributed by atoms with E-state index in [9.17, 15) is 19.5 Å². The number of carbonyl (C=O) groups excluding carboxylic acids is 2. The highest BCUT2D eigenvalue weighted by molar-refractivity contribution is 5.84. The van der Waals surface area contributed by atoms with Crippen molar-refractivity contribution in [3.05, 3.63) is 59.7 Å². The van der Waals surface area contributed by atoms with E-state index in [0.29, 0.717) is 0 Å². The van der Waals surface area contributed by atoms with Gasteiger partial charge >= 0.3 is 12.1 Å². The highest BCUT2D eigenvalue weighted by Crippen LogP contribution is 2.44. The lowest BCUT2D eigenvalue weighted by atomic mass is 9.98. The van der Waals surface area contributed by atoms with Crippen LogP contribution < -0.4 is 10.6 Å². The molecule has 1 aliphatic rings. The van der Waals surface area contributed by atoms with E-state index in [-0.39, 0.29) is 38.7 Å². The third-order valence-electron chi connectivity index (χ3n) is 5.40. The number of carboxylic acids is 1. The Bertz CT molecular complexity index is 947. The van der Waals surface area contributed by atoms with E-state index in [1.54, 1.807) is 0 Å². The first-order valence-electron chi connectivity index (χ1n) is 10.7. The van der Waals surface area contributed by atoms with Crippen molar-refractivity contribution < 1.29 is 34.1 Å². The summed E-state index contributed by atoms with van der Waals surface area (Å²) in [6, 6.07) is 14.8. The van der Waals surface area contributed by atoms with Crippen LogP contribution in [0.3, 0.4) is 0 Å². The molecule has 0 saturated carbocycles. The lowest BCUT2D eigenvalue weighted by molar-refractivity contribution is -0.144. The van der Waals surface area contributed by atoms with E-state index < -0.39 is 30.1 Å². The van der Waals surface area contributed by atoms with Crippen LogP contribution in [0.4, 0.5) is 4.79 Å². The molecule has 176 valence electrons. The van der Waals surface area contributed by atoms with Gasteiger partial charge in [-0.3, -0.25) is 4.79 Å². The summed E-state index contributed by atoms with van der Waals surface area (Å²) in [6.07, 6.45) is -1.84. The second kappa shape index (κ2) is 11.4. The molecule has 2 amide bonds. The molecule has 0 fully saturated rings. The van der Waals surface area contributed by atoms with Crippen LogP contribution in [0.5, 0.6) is 0 Å². The minimum absolute atomic E-state index is 0.0193. The Morgan fingerprint density at radius 3 is 2.18 bits per heavy atom. The van der Waals surface area contributed by atoms with Crippen molar-refractivity contribution in [2.45, 2.75) is 31.4 Å². The molecule has 33 heavy (non-hydrogen) atoms. The Morgan fingerprint density at radius 2 is 1.61 bits per heavy atom. The van der Waals surface area contributed by atoms with Crippen molar-refractivity contribution in [1.82, 2.24) is 10.6 Å². The average molecular weight is 456 g/mol. The second-order valence-corrected chi connectivity index (χ2v) is 7.74. The van der Waals surface area contributed by atoms with Crippen molar-refractivity contribution in [1.29, 1.82) is 0 Å². The molecule has 2 aromatic carbocycles. The van der Waals surface area contributed by atoms with E-state index in [1.165, 1.54) is 6.92 Å². The molecule has 0 bridgehead atoms. The zero-order valence-corrected chi connectivity index (χ0v) is 18.3. The van der Waals surface area contributed by atoms with Crippen molar-refractivity contribution in [2.24, 2.45) is 0 Å². The number of ether oxygens (including phenoxy) is 2. The summed E-state index contributed by atoms with van der Waals surface area (Å²) in [7, 11) is 0. The van der Waals surface area contributed by atoms with Gasteiger partial charge in [0.15, 0.2) is 6.04 Å². The van der Waals surface area contributed by atoms with E-state index in [0.717, 1.165) is 22.3 Å². The van der Waals surface area contributed by atoms with Gasteiger partial charge < -0.3 is 30.3 Å². The number of aliphatic hydroxyl groups is 1. The molecule has 0 spiro atoms. The van der Waals surface area contributed by atoms with Gasteiger partial charge in [0.05, 0.1) is 19.3 Å². The Kier molecular flexibility index (Phi) is 8.39. The van der Waals surface area contributed by atoms with Gasteiger partial charge in [-0.1, -0.05) is 48.5 Å². The van der Waals surface area contributed by atoms with Crippen LogP contribution in [0.15, 0.2) is 48.5 Å². The van der Waals surface area contributed by atoms with Crippen LogP contribution in [0.2, 0.25) is 0 Å². The summed E-state index contributed by atoms with van der Waals surface area (Å²) >= 11 is 0. The lowest BCUT2D eigenvalue weighted by Gasteiger charge is -2.17. The number of alkyl carbamates (subject to hydrolysis) is 1. The van der Waals surface area contributed by atoms with Gasteiger partial charge in [-0.2, -0.15) is 0 Å². The highest BCUT2D eigenvalue weighted by atomic mass is 16.5. The molecule has 9 heteroatoms. The predicted octanol–water partition coefficient (Wildman–Crippen LogP) is 1.88. The normalized spacial score (nSPS) is 14.0. The Hall–Kier alpha value is -3.43. The van der Waals surface area contributed by atoms with Crippen LogP contribution in [0, 0.1) is 0 Å². The quantitative estimate of drug-likeness (QED) is 0.379. The number of benzene rings is 2. The van der Waals surface area contributed by atoms with Crippen molar-refractivity contribution in [3.63, 3.8) is 0 Å². The maximum Gasteiger partial charge on any atom is 0.407 e. The largest absolute Gasteiger partial charge is 0.480 e. The molecule has 2 atom stereocenters. The van der Waals surface area contributed by atoms with E-state index >= 15 is 0 Å². The first-order valence-corrected chi connectivity index (χ1v) is 10.7. The molecular weight excluding hydrogens is 428 g/mol. The second-order valence-electron chi connectivity index (χ2n) is 7.74. The summed E-state index contributed by atoms with van der Waals surface area (Å²) in [4.78, 5) is 34.8. The molecule has 1 aliphatic carbocycles. The van der Waals surface area contributed by atoms with Gasteiger partial charge in [-0.05, 0) is 29.2 Å². The number of nitrogens with one attached hydrogen (secondary N) is 2. The molecule has 9 nitrogen and oxygen atoms in total. The van der Waals surface area contributed by atoms with Crippen molar-refractivity contribution >= 4 is 18.0 Å². The van der Waals surface area contributed by atoms with Crippen LogP contribution in [-0.4, -0.2) is 66.7 Å². The number of aliphatic hydroxyl groups excluding tert-OH is 1. The number of aliphatic carboxylic acids is 1. The molecule has 0 saturated heterocycles. The molecule has 4 N–H and O–H groups in total. The van der Waals surface area contributed by atoms with Crippen molar-refractivity contribution in [2.75, 3.05) is 26.4 Å². The van der Waals surface area contributed by atoms with Gasteiger partial charge in [0.2, 0.25) is 5.91 Å². The molecule has 0 aliphatic heterocycles. The molecule has 3 rings (SSSR count). The molecule has 0 heterocycles. The Morgan fingerprint density at radius 1 is 1.00 bits per heavy atom. The number of carboxylic acid groups (broad SMARTS) is 1. The monoisotopic (exact) mass is 456 g/mol. The van der Waals surface area contributed by atoms with E-state index in [4.69, 9.17) is 14.6 Å². The van der Waals surface area contributed by atoms with Crippen LogP contribution in [-0.2, 0) is 19.1 Å². The molecule has 2 unspecified atom stereocenters. The number of amides is 2. The minimum atomic E-state index is -1.37. The van der Waals surface area contributed by atoms with Crippen LogP contribution >= 0.6 is 0 Å². The predicted molar refractivity (Wildman–Crippen MR) is 120 cm³/mol. The third-order valence-corrected chi connectivity index (χ3v) is 5.40.